The second kappa shape index (κ2) is 5.12. The molecular weight excluding hydrogens is 291 g/mol. The molecule has 2 aromatic heterocycles. The van der Waals surface area contributed by atoms with E-state index in [1.165, 1.54) is 18.0 Å². The van der Waals surface area contributed by atoms with Crippen LogP contribution in [0, 0.1) is 0 Å². The summed E-state index contributed by atoms with van der Waals surface area (Å²) in [6.45, 7) is -0.234. The molecule has 7 nitrogen and oxygen atoms in total. The number of hydrogen-bond donors (Lipinski definition) is 1. The van der Waals surface area contributed by atoms with Gasteiger partial charge < -0.3 is 14.6 Å². The molecule has 3 atom stereocenters. The van der Waals surface area contributed by atoms with Crippen LogP contribution in [0.1, 0.15) is 12.6 Å². The molecule has 1 aliphatic heterocycles. The summed E-state index contributed by atoms with van der Waals surface area (Å²) in [6, 6.07) is 0. The molecule has 1 unspecified atom stereocenters. The van der Waals surface area contributed by atoms with Crippen LogP contribution < -0.4 is 4.74 Å². The van der Waals surface area contributed by atoms with E-state index in [1.54, 1.807) is 0 Å². The molecule has 20 heavy (non-hydrogen) atoms. The molecule has 9 heteroatoms. The second-order valence-corrected chi connectivity index (χ2v) is 4.75. The van der Waals surface area contributed by atoms with Crippen LogP contribution in [-0.2, 0) is 4.74 Å². The monoisotopic (exact) mass is 302 g/mol. The van der Waals surface area contributed by atoms with E-state index in [4.69, 9.17) is 26.2 Å². The molecule has 0 saturated carbocycles. The molecule has 3 rings (SSSR count). The van der Waals surface area contributed by atoms with Crippen molar-refractivity contribution in [3.63, 3.8) is 0 Å². The number of alkyl halides is 1. The molecule has 3 heterocycles. The number of fused-ring (bicyclic) bond motifs is 1. The van der Waals surface area contributed by atoms with Gasteiger partial charge in [-0.2, -0.15) is 9.97 Å². The summed E-state index contributed by atoms with van der Waals surface area (Å²) in [5.74, 6) is 0.214. The van der Waals surface area contributed by atoms with Gasteiger partial charge in [-0.3, -0.25) is 4.57 Å². The van der Waals surface area contributed by atoms with Crippen molar-refractivity contribution in [2.75, 3.05) is 13.7 Å². The van der Waals surface area contributed by atoms with Crippen LogP contribution in [0.2, 0.25) is 5.28 Å². The van der Waals surface area contributed by atoms with Crippen molar-refractivity contribution in [1.29, 1.82) is 0 Å². The maximum Gasteiger partial charge on any atom is 0.246 e. The van der Waals surface area contributed by atoms with E-state index in [1.807, 2.05) is 0 Å². The summed E-state index contributed by atoms with van der Waals surface area (Å²) in [4.78, 5) is 12.0. The maximum atomic E-state index is 14.0. The van der Waals surface area contributed by atoms with Gasteiger partial charge in [-0.25, -0.2) is 9.37 Å². The van der Waals surface area contributed by atoms with Crippen LogP contribution in [0.15, 0.2) is 6.33 Å². The molecule has 108 valence electrons. The molecule has 1 aliphatic rings. The fraction of sp³-hybridized carbons (Fsp3) is 0.545. The number of nitrogens with zero attached hydrogens (tertiary/aromatic N) is 4. The van der Waals surface area contributed by atoms with E-state index >= 15 is 0 Å². The Morgan fingerprint density at radius 2 is 2.40 bits per heavy atom. The highest BCUT2D eigenvalue weighted by Gasteiger charge is 2.37. The van der Waals surface area contributed by atoms with Gasteiger partial charge in [0.2, 0.25) is 11.2 Å². The molecule has 1 N–H and O–H groups in total. The zero-order valence-electron chi connectivity index (χ0n) is 10.5. The Balaban J connectivity index is 2.07. The third-order valence-electron chi connectivity index (χ3n) is 3.16. The molecule has 1 fully saturated rings. The van der Waals surface area contributed by atoms with Crippen molar-refractivity contribution in [2.24, 2.45) is 0 Å². The second-order valence-electron chi connectivity index (χ2n) is 4.41. The summed E-state index contributed by atoms with van der Waals surface area (Å²) in [7, 11) is 1.43. The zero-order chi connectivity index (χ0) is 14.3. The topological polar surface area (TPSA) is 82.3 Å². The van der Waals surface area contributed by atoms with E-state index in [9.17, 15) is 4.39 Å². The molecule has 0 amide bonds. The summed E-state index contributed by atoms with van der Waals surface area (Å²) >= 11 is 5.81. The van der Waals surface area contributed by atoms with Crippen LogP contribution in [0.5, 0.6) is 5.88 Å². The number of aliphatic hydroxyl groups excluding tert-OH is 1. The van der Waals surface area contributed by atoms with Crippen molar-refractivity contribution >= 4 is 22.8 Å². The Labute approximate surface area is 118 Å². The first-order valence-electron chi connectivity index (χ1n) is 5.98. The molecule has 0 aromatic carbocycles. The Morgan fingerprint density at radius 1 is 1.60 bits per heavy atom. The normalized spacial score (nSPS) is 26.3. The molecular formula is C11H12ClFN4O3. The average Bonchev–Trinajstić information content (AvgIpc) is 3.00. The van der Waals surface area contributed by atoms with Crippen molar-refractivity contribution in [3.8, 4) is 5.88 Å². The van der Waals surface area contributed by atoms with E-state index in [0.717, 1.165) is 0 Å². The number of aromatic nitrogens is 4. The maximum absolute atomic E-state index is 14.0. The number of imidazole rings is 1. The molecule has 0 radical (unpaired) electrons. The highest BCUT2D eigenvalue weighted by Crippen LogP contribution is 2.34. The highest BCUT2D eigenvalue weighted by molar-refractivity contribution is 6.28. The number of methoxy groups -OCH3 is 1. The predicted molar refractivity (Wildman–Crippen MR) is 67.4 cm³/mol. The van der Waals surface area contributed by atoms with E-state index in [2.05, 4.69) is 15.0 Å². The van der Waals surface area contributed by atoms with Gasteiger partial charge in [0.1, 0.15) is 6.17 Å². The first-order chi connectivity index (χ1) is 9.63. The number of halogens is 2. The lowest BCUT2D eigenvalue weighted by molar-refractivity contribution is -0.0351. The summed E-state index contributed by atoms with van der Waals surface area (Å²) < 4.78 is 26.0. The van der Waals surface area contributed by atoms with Crippen LogP contribution >= 0.6 is 11.6 Å². The SMILES string of the molecule is COc1nc(Cl)nc2c1ncn2[C@@H]1O[C@H](CO)CC1F. The van der Waals surface area contributed by atoms with Crippen LogP contribution in [0.3, 0.4) is 0 Å². The van der Waals surface area contributed by atoms with Gasteiger partial charge in [0.25, 0.3) is 0 Å². The van der Waals surface area contributed by atoms with Gasteiger partial charge in [0.15, 0.2) is 17.4 Å². The predicted octanol–water partition coefficient (Wildman–Crippen LogP) is 1.11. The largest absolute Gasteiger partial charge is 0.479 e. The van der Waals surface area contributed by atoms with Crippen LogP contribution in [0.4, 0.5) is 4.39 Å². The Morgan fingerprint density at radius 3 is 3.05 bits per heavy atom. The minimum Gasteiger partial charge on any atom is -0.479 e. The zero-order valence-corrected chi connectivity index (χ0v) is 11.3. The minimum atomic E-state index is -1.26. The highest BCUT2D eigenvalue weighted by atomic mass is 35.5. The standard InChI is InChI=1S/C11H12ClFN4O3/c1-19-9-7-8(15-11(12)16-9)17(4-14-7)10-6(13)2-5(3-18)20-10/h4-6,10,18H,2-3H2,1H3/t5-,6?,10+/m0/s1. The van der Waals surface area contributed by atoms with Gasteiger partial charge in [0.05, 0.1) is 26.1 Å². The number of ether oxygens (including phenoxy) is 2. The van der Waals surface area contributed by atoms with E-state index < -0.39 is 18.5 Å². The summed E-state index contributed by atoms with van der Waals surface area (Å²) in [6.07, 6.45) is -1.17. The average molecular weight is 303 g/mol. The van der Waals surface area contributed by atoms with Gasteiger partial charge >= 0.3 is 0 Å². The quantitative estimate of drug-likeness (QED) is 0.855. The van der Waals surface area contributed by atoms with E-state index in [-0.39, 0.29) is 24.2 Å². The van der Waals surface area contributed by atoms with Crippen molar-refractivity contribution in [1.82, 2.24) is 19.5 Å². The third-order valence-corrected chi connectivity index (χ3v) is 3.33. The van der Waals surface area contributed by atoms with Gasteiger partial charge in [-0.1, -0.05) is 0 Å². The van der Waals surface area contributed by atoms with Crippen LogP contribution in [-0.4, -0.2) is 50.6 Å². The number of hydrogen-bond acceptors (Lipinski definition) is 6. The Kier molecular flexibility index (Phi) is 3.45. The fourth-order valence-corrected chi connectivity index (χ4v) is 2.41. The van der Waals surface area contributed by atoms with Gasteiger partial charge in [0, 0.05) is 6.42 Å². The smallest absolute Gasteiger partial charge is 0.246 e. The van der Waals surface area contributed by atoms with Gasteiger partial charge in [-0.05, 0) is 11.6 Å². The lowest BCUT2D eigenvalue weighted by Crippen LogP contribution is -2.17. The summed E-state index contributed by atoms with van der Waals surface area (Å²) in [5, 5.41) is 9.03. The van der Waals surface area contributed by atoms with Crippen LogP contribution in [0.25, 0.3) is 11.2 Å². The Bertz CT molecular complexity index is 637. The summed E-state index contributed by atoms with van der Waals surface area (Å²) in [5.41, 5.74) is 0.702. The molecule has 0 bridgehead atoms. The lowest BCUT2D eigenvalue weighted by Gasteiger charge is -2.15. The van der Waals surface area contributed by atoms with Crippen molar-refractivity contribution < 1.29 is 19.0 Å². The first-order valence-corrected chi connectivity index (χ1v) is 6.36. The number of aliphatic hydroxyl groups is 1. The first kappa shape index (κ1) is 13.5. The molecule has 0 spiro atoms. The molecule has 0 aliphatic carbocycles. The molecule has 2 aromatic rings. The lowest BCUT2D eigenvalue weighted by atomic mass is 10.2. The fourth-order valence-electron chi connectivity index (χ4n) is 2.26. The molecule has 1 saturated heterocycles. The van der Waals surface area contributed by atoms with Crippen molar-refractivity contribution in [3.05, 3.63) is 11.6 Å². The van der Waals surface area contributed by atoms with E-state index in [0.29, 0.717) is 11.2 Å². The number of rotatable bonds is 3. The Hall–Kier alpha value is -1.51. The van der Waals surface area contributed by atoms with Gasteiger partial charge in [-0.15, -0.1) is 0 Å². The minimum absolute atomic E-state index is 0.0248. The third kappa shape index (κ3) is 2.09. The van der Waals surface area contributed by atoms with Crippen molar-refractivity contribution in [2.45, 2.75) is 24.9 Å².